The average molecular weight is 479 g/mol. The van der Waals surface area contributed by atoms with Gasteiger partial charge in [0.25, 0.3) is 5.91 Å². The van der Waals surface area contributed by atoms with Gasteiger partial charge in [0.05, 0.1) is 16.9 Å². The molecule has 2 amide bonds. The second kappa shape index (κ2) is 5.91. The molecule has 4 N–H and O–H groups in total. The van der Waals surface area contributed by atoms with E-state index < -0.39 is 32.6 Å². The molecule has 1 aromatic heterocycles. The second-order valence-electron chi connectivity index (χ2n) is 6.79. The zero-order valence-corrected chi connectivity index (χ0v) is 16.2. The molecule has 25 heavy (non-hydrogen) atoms. The first-order chi connectivity index (χ1) is 11.8. The Labute approximate surface area is 158 Å². The molecule has 1 aromatic rings. The Morgan fingerprint density at radius 2 is 2.08 bits per heavy atom. The van der Waals surface area contributed by atoms with Crippen LogP contribution in [-0.2, 0) is 26.2 Å². The Hall–Kier alpha value is -1.21. The topological polar surface area (TPSA) is 133 Å². The Morgan fingerprint density at radius 3 is 2.72 bits per heavy atom. The van der Waals surface area contributed by atoms with Crippen LogP contribution in [0.25, 0.3) is 0 Å². The van der Waals surface area contributed by atoms with Crippen LogP contribution in [0.1, 0.15) is 36.4 Å². The summed E-state index contributed by atoms with van der Waals surface area (Å²) >= 11 is 2.06. The molecule has 3 aliphatic rings. The van der Waals surface area contributed by atoms with Crippen LogP contribution in [0.3, 0.4) is 0 Å². The lowest BCUT2D eigenvalue weighted by molar-refractivity contribution is -0.129. The first-order valence-corrected chi connectivity index (χ1v) is 10.9. The van der Waals surface area contributed by atoms with E-state index in [1.165, 1.54) is 0 Å². The Balaban J connectivity index is 1.49. The molecule has 0 spiro atoms. The van der Waals surface area contributed by atoms with E-state index in [4.69, 9.17) is 0 Å². The summed E-state index contributed by atoms with van der Waals surface area (Å²) in [6.07, 6.45) is 3.31. The highest BCUT2D eigenvalue weighted by Crippen LogP contribution is 2.44. The summed E-state index contributed by atoms with van der Waals surface area (Å²) < 4.78 is 26.1. The number of aromatic nitrogens is 2. The van der Waals surface area contributed by atoms with Crippen molar-refractivity contribution in [2.24, 2.45) is 0 Å². The van der Waals surface area contributed by atoms with Crippen molar-refractivity contribution in [2.75, 3.05) is 6.54 Å². The molecule has 0 radical (unpaired) electrons. The highest BCUT2D eigenvalue weighted by Gasteiger charge is 2.61. The summed E-state index contributed by atoms with van der Waals surface area (Å²) in [6.45, 7) is 1.06. The van der Waals surface area contributed by atoms with Gasteiger partial charge in [-0.2, -0.15) is 5.10 Å². The van der Waals surface area contributed by atoms with Gasteiger partial charge in [-0.3, -0.25) is 19.4 Å². The fourth-order valence-electron chi connectivity index (χ4n) is 3.07. The highest BCUT2D eigenvalue weighted by molar-refractivity contribution is 14.1. The van der Waals surface area contributed by atoms with Gasteiger partial charge in [-0.15, -0.1) is 0 Å². The predicted octanol–water partition coefficient (Wildman–Crippen LogP) is -0.733. The van der Waals surface area contributed by atoms with Gasteiger partial charge in [0.2, 0.25) is 15.9 Å². The molecule has 11 heteroatoms. The van der Waals surface area contributed by atoms with Gasteiger partial charge >= 0.3 is 0 Å². The number of H-pyrrole nitrogens is 1. The number of hydrogen-bond donors (Lipinski definition) is 4. The van der Waals surface area contributed by atoms with E-state index in [-0.39, 0.29) is 9.83 Å². The first-order valence-electron chi connectivity index (χ1n) is 8.09. The van der Waals surface area contributed by atoms with Crippen LogP contribution in [0.2, 0.25) is 0 Å². The third-order valence-corrected chi connectivity index (χ3v) is 8.21. The third kappa shape index (κ3) is 3.05. The van der Waals surface area contributed by atoms with E-state index in [2.05, 4.69) is 48.1 Å². The number of nitrogens with zero attached hydrogens (tertiary/aromatic N) is 1. The molecule has 2 heterocycles. The summed E-state index contributed by atoms with van der Waals surface area (Å²) in [7, 11) is -3.64. The molecule has 4 rings (SSSR count). The fourth-order valence-corrected chi connectivity index (χ4v) is 5.56. The van der Waals surface area contributed by atoms with Crippen molar-refractivity contribution in [3.05, 3.63) is 17.5 Å². The van der Waals surface area contributed by atoms with Crippen LogP contribution >= 0.6 is 22.6 Å². The Morgan fingerprint density at radius 1 is 1.36 bits per heavy atom. The number of fused-ring (bicyclic) bond motifs is 1. The van der Waals surface area contributed by atoms with E-state index in [9.17, 15) is 18.0 Å². The summed E-state index contributed by atoms with van der Waals surface area (Å²) in [5.74, 6) is -1.47. The van der Waals surface area contributed by atoms with E-state index in [1.807, 2.05) is 0 Å². The summed E-state index contributed by atoms with van der Waals surface area (Å²) in [5, 5.41) is 12.3. The third-order valence-electron chi connectivity index (χ3n) is 4.89. The molecule has 136 valence electrons. The van der Waals surface area contributed by atoms with E-state index >= 15 is 0 Å². The minimum atomic E-state index is -3.64. The number of carbonyl (C=O) groups excluding carboxylic acids is 2. The van der Waals surface area contributed by atoms with Gasteiger partial charge < -0.3 is 10.6 Å². The van der Waals surface area contributed by atoms with Crippen LogP contribution in [0.15, 0.2) is 6.20 Å². The first kappa shape index (κ1) is 17.2. The van der Waals surface area contributed by atoms with Gasteiger partial charge in [-0.25, -0.2) is 8.42 Å². The van der Waals surface area contributed by atoms with Crippen molar-refractivity contribution in [3.8, 4) is 0 Å². The van der Waals surface area contributed by atoms with Crippen LogP contribution < -0.4 is 15.4 Å². The SMILES string of the molecule is O=C(N[C@]1(C(=O)NS(=O)(=O)C2CC2)C[C@H]1I)C1CNCc2c[nH]nc21. The number of hydrogen-bond acceptors (Lipinski definition) is 6. The molecular formula is C14H18IN5O4S. The normalized spacial score (nSPS) is 31.1. The number of amides is 2. The smallest absolute Gasteiger partial charge is 0.260 e. The molecule has 0 aromatic carbocycles. The molecule has 1 unspecified atom stereocenters. The van der Waals surface area contributed by atoms with Crippen LogP contribution in [-0.4, -0.2) is 51.7 Å². The van der Waals surface area contributed by atoms with Gasteiger partial charge in [-0.05, 0) is 19.3 Å². The van der Waals surface area contributed by atoms with Crippen LogP contribution in [0, 0.1) is 0 Å². The fraction of sp³-hybridized carbons (Fsp3) is 0.643. The molecular weight excluding hydrogens is 461 g/mol. The van der Waals surface area contributed by atoms with Crippen molar-refractivity contribution in [1.29, 1.82) is 0 Å². The van der Waals surface area contributed by atoms with Crippen molar-refractivity contribution in [2.45, 2.75) is 46.4 Å². The maximum Gasteiger partial charge on any atom is 0.260 e. The minimum Gasteiger partial charge on any atom is -0.340 e. The minimum absolute atomic E-state index is 0.140. The lowest BCUT2D eigenvalue weighted by Crippen LogP contribution is -2.54. The molecule has 2 saturated carbocycles. The average Bonchev–Trinajstić information content (AvgIpc) is 3.45. The summed E-state index contributed by atoms with van der Waals surface area (Å²) in [6, 6.07) is 0. The molecule has 0 saturated heterocycles. The molecule has 3 atom stereocenters. The number of halogens is 1. The monoisotopic (exact) mass is 479 g/mol. The zero-order chi connectivity index (χ0) is 17.8. The molecule has 0 bridgehead atoms. The zero-order valence-electron chi connectivity index (χ0n) is 13.2. The molecule has 2 fully saturated rings. The number of sulfonamides is 1. The summed E-state index contributed by atoms with van der Waals surface area (Å²) in [4.78, 5) is 25.3. The van der Waals surface area contributed by atoms with Gasteiger partial charge in [0.15, 0.2) is 0 Å². The van der Waals surface area contributed by atoms with Crippen molar-refractivity contribution >= 4 is 44.4 Å². The van der Waals surface area contributed by atoms with Crippen LogP contribution in [0.5, 0.6) is 0 Å². The number of carbonyl (C=O) groups is 2. The van der Waals surface area contributed by atoms with Crippen molar-refractivity contribution < 1.29 is 18.0 Å². The van der Waals surface area contributed by atoms with Crippen LogP contribution in [0.4, 0.5) is 0 Å². The maximum atomic E-state index is 12.7. The van der Waals surface area contributed by atoms with Gasteiger partial charge in [0.1, 0.15) is 5.54 Å². The standard InChI is InChI=1S/C14H18IN5O4S/c15-10-3-14(10,13(22)20-25(23,24)8-1-2-8)18-12(21)9-6-16-4-7-5-17-19-11(7)9/h5,8-10,16H,1-4,6H2,(H,17,19)(H,18,21)(H,20,22)/t9?,10-,14-/m1/s1. The predicted molar refractivity (Wildman–Crippen MR) is 96.4 cm³/mol. The Kier molecular flexibility index (Phi) is 4.07. The second-order valence-corrected chi connectivity index (χ2v) is 10.3. The van der Waals surface area contributed by atoms with E-state index in [0.717, 1.165) is 5.56 Å². The highest BCUT2D eigenvalue weighted by atomic mass is 127. The van der Waals surface area contributed by atoms with Gasteiger partial charge in [0, 0.05) is 28.8 Å². The van der Waals surface area contributed by atoms with E-state index in [1.54, 1.807) is 6.20 Å². The van der Waals surface area contributed by atoms with Gasteiger partial charge in [-0.1, -0.05) is 22.6 Å². The molecule has 1 aliphatic heterocycles. The number of aromatic amines is 1. The lowest BCUT2D eigenvalue weighted by atomic mass is 9.96. The van der Waals surface area contributed by atoms with E-state index in [0.29, 0.717) is 38.0 Å². The number of rotatable bonds is 5. The quantitative estimate of drug-likeness (QED) is 0.325. The van der Waals surface area contributed by atoms with Crippen molar-refractivity contribution in [3.63, 3.8) is 0 Å². The largest absolute Gasteiger partial charge is 0.340 e. The van der Waals surface area contributed by atoms with Crippen molar-refractivity contribution in [1.82, 2.24) is 25.6 Å². The number of alkyl halides is 1. The summed E-state index contributed by atoms with van der Waals surface area (Å²) in [5.41, 5.74) is 0.430. The Bertz CT molecular complexity index is 836. The lowest BCUT2D eigenvalue weighted by Gasteiger charge is -2.25. The maximum absolute atomic E-state index is 12.7. The molecule has 9 nitrogen and oxygen atoms in total. The molecule has 2 aliphatic carbocycles. The number of nitrogens with one attached hydrogen (secondary N) is 4.